The molecule has 0 aliphatic heterocycles. The highest BCUT2D eigenvalue weighted by atomic mass is 79.9. The molecule has 1 N–H and O–H groups in total. The quantitative estimate of drug-likeness (QED) is 0.753. The summed E-state index contributed by atoms with van der Waals surface area (Å²) in [6.45, 7) is 3.87. The van der Waals surface area contributed by atoms with Gasteiger partial charge in [-0.3, -0.25) is 4.98 Å². The number of hydrogen-bond acceptors (Lipinski definition) is 3. The van der Waals surface area contributed by atoms with E-state index in [1.54, 1.807) is 0 Å². The zero-order chi connectivity index (χ0) is 14.7. The molecule has 21 heavy (non-hydrogen) atoms. The summed E-state index contributed by atoms with van der Waals surface area (Å²) in [7, 11) is 0. The van der Waals surface area contributed by atoms with Crippen LogP contribution in [0.1, 0.15) is 19.2 Å². The van der Waals surface area contributed by atoms with E-state index in [1.807, 2.05) is 24.7 Å². The number of rotatable bonds is 5. The van der Waals surface area contributed by atoms with E-state index >= 15 is 0 Å². The van der Waals surface area contributed by atoms with Crippen molar-refractivity contribution in [1.29, 1.82) is 0 Å². The van der Waals surface area contributed by atoms with Crippen molar-refractivity contribution in [3.63, 3.8) is 0 Å². The Kier molecular flexibility index (Phi) is 4.20. The number of fused-ring (bicyclic) bond motifs is 1. The molecule has 2 aromatic heterocycles. The van der Waals surface area contributed by atoms with Crippen molar-refractivity contribution in [2.45, 2.75) is 26.4 Å². The second kappa shape index (κ2) is 6.26. The maximum atomic E-state index is 4.50. The summed E-state index contributed by atoms with van der Waals surface area (Å²) in [4.78, 5) is 8.92. The molecule has 0 unspecified atom stereocenters. The first kappa shape index (κ1) is 14.1. The molecule has 0 radical (unpaired) electrons. The van der Waals surface area contributed by atoms with E-state index in [4.69, 9.17) is 0 Å². The molecule has 1 aromatic carbocycles. The first-order valence-electron chi connectivity index (χ1n) is 7.06. The number of nitrogens with zero attached hydrogens (tertiary/aromatic N) is 3. The molecule has 0 amide bonds. The zero-order valence-electron chi connectivity index (χ0n) is 11.9. The minimum Gasteiger partial charge on any atom is -0.376 e. The summed E-state index contributed by atoms with van der Waals surface area (Å²) in [6.07, 6.45) is 6.81. The highest BCUT2D eigenvalue weighted by Crippen LogP contribution is 2.24. The molecule has 0 aliphatic rings. The SMILES string of the molecule is CCCn1ccnc1CNc1cccc2cc(Br)cnc12. The molecule has 0 saturated heterocycles. The van der Waals surface area contributed by atoms with Gasteiger partial charge in [0.25, 0.3) is 0 Å². The fourth-order valence-corrected chi connectivity index (χ4v) is 2.75. The monoisotopic (exact) mass is 344 g/mol. The van der Waals surface area contributed by atoms with Crippen molar-refractivity contribution in [3.8, 4) is 0 Å². The van der Waals surface area contributed by atoms with Crippen molar-refractivity contribution < 1.29 is 0 Å². The molecule has 0 aliphatic carbocycles. The summed E-state index contributed by atoms with van der Waals surface area (Å²) in [5, 5.41) is 4.56. The van der Waals surface area contributed by atoms with Crippen LogP contribution in [0, 0.1) is 0 Å². The standard InChI is InChI=1S/C16H17BrN4/c1-2-7-21-8-6-18-15(21)11-19-14-5-3-4-12-9-13(17)10-20-16(12)14/h3-6,8-10,19H,2,7,11H2,1H3. The van der Waals surface area contributed by atoms with Gasteiger partial charge in [0.05, 0.1) is 17.7 Å². The molecule has 108 valence electrons. The van der Waals surface area contributed by atoms with E-state index in [0.717, 1.165) is 39.9 Å². The van der Waals surface area contributed by atoms with Gasteiger partial charge in [-0.1, -0.05) is 19.1 Å². The smallest absolute Gasteiger partial charge is 0.128 e. The summed E-state index contributed by atoms with van der Waals surface area (Å²) in [5.41, 5.74) is 2.01. The topological polar surface area (TPSA) is 42.7 Å². The summed E-state index contributed by atoms with van der Waals surface area (Å²) >= 11 is 3.46. The van der Waals surface area contributed by atoms with Gasteiger partial charge in [-0.25, -0.2) is 4.98 Å². The molecule has 0 saturated carbocycles. The number of halogens is 1. The predicted octanol–water partition coefficient (Wildman–Crippen LogP) is 4.22. The molecule has 0 atom stereocenters. The Labute approximate surface area is 132 Å². The molecule has 0 spiro atoms. The third-order valence-electron chi connectivity index (χ3n) is 3.38. The van der Waals surface area contributed by atoms with Crippen LogP contribution in [-0.4, -0.2) is 14.5 Å². The van der Waals surface area contributed by atoms with Crippen molar-refractivity contribution in [2.75, 3.05) is 5.32 Å². The van der Waals surface area contributed by atoms with Gasteiger partial charge in [-0.2, -0.15) is 0 Å². The minimum atomic E-state index is 0.698. The van der Waals surface area contributed by atoms with Gasteiger partial charge in [0.15, 0.2) is 0 Å². The number of aromatic nitrogens is 3. The largest absolute Gasteiger partial charge is 0.376 e. The van der Waals surface area contributed by atoms with Crippen LogP contribution >= 0.6 is 15.9 Å². The van der Waals surface area contributed by atoms with Crippen LogP contribution in [0.2, 0.25) is 0 Å². The molecule has 2 heterocycles. The van der Waals surface area contributed by atoms with Crippen molar-refractivity contribution in [3.05, 3.63) is 53.2 Å². The summed E-state index contributed by atoms with van der Waals surface area (Å²) < 4.78 is 3.17. The molecular weight excluding hydrogens is 328 g/mol. The summed E-state index contributed by atoms with van der Waals surface area (Å²) in [5.74, 6) is 1.05. The number of pyridine rings is 1. The average molecular weight is 345 g/mol. The minimum absolute atomic E-state index is 0.698. The second-order valence-corrected chi connectivity index (χ2v) is 5.84. The molecule has 5 heteroatoms. The van der Waals surface area contributed by atoms with E-state index in [1.165, 1.54) is 0 Å². The Hall–Kier alpha value is -1.88. The third-order valence-corrected chi connectivity index (χ3v) is 3.81. The van der Waals surface area contributed by atoms with Gasteiger partial charge >= 0.3 is 0 Å². The fourth-order valence-electron chi connectivity index (χ4n) is 2.40. The van der Waals surface area contributed by atoms with E-state index in [0.29, 0.717) is 6.54 Å². The second-order valence-electron chi connectivity index (χ2n) is 4.92. The van der Waals surface area contributed by atoms with Crippen LogP contribution in [0.3, 0.4) is 0 Å². The van der Waals surface area contributed by atoms with Gasteiger partial charge in [0.2, 0.25) is 0 Å². The molecule has 0 fully saturated rings. The third kappa shape index (κ3) is 3.08. The Balaban J connectivity index is 1.83. The number of nitrogens with one attached hydrogen (secondary N) is 1. The number of anilines is 1. The highest BCUT2D eigenvalue weighted by molar-refractivity contribution is 9.10. The lowest BCUT2D eigenvalue weighted by Crippen LogP contribution is -2.08. The first-order chi connectivity index (χ1) is 10.3. The van der Waals surface area contributed by atoms with Crippen molar-refractivity contribution in [2.24, 2.45) is 0 Å². The van der Waals surface area contributed by atoms with E-state index in [-0.39, 0.29) is 0 Å². The van der Waals surface area contributed by atoms with Gasteiger partial charge in [-0.15, -0.1) is 0 Å². The number of imidazole rings is 1. The number of benzene rings is 1. The lowest BCUT2D eigenvalue weighted by atomic mass is 10.2. The Bertz CT molecular complexity index is 751. The van der Waals surface area contributed by atoms with Crippen LogP contribution in [0.4, 0.5) is 5.69 Å². The number of para-hydroxylation sites is 1. The maximum Gasteiger partial charge on any atom is 0.128 e. The van der Waals surface area contributed by atoms with Crippen molar-refractivity contribution >= 4 is 32.5 Å². The molecular formula is C16H17BrN4. The van der Waals surface area contributed by atoms with Crippen molar-refractivity contribution in [1.82, 2.24) is 14.5 Å². The van der Waals surface area contributed by atoms with Crippen LogP contribution in [0.15, 0.2) is 47.3 Å². The Morgan fingerprint density at radius 2 is 2.19 bits per heavy atom. The lowest BCUT2D eigenvalue weighted by Gasteiger charge is -2.10. The van der Waals surface area contributed by atoms with Crippen LogP contribution in [0.25, 0.3) is 10.9 Å². The number of hydrogen-bond donors (Lipinski definition) is 1. The average Bonchev–Trinajstić information content (AvgIpc) is 2.92. The lowest BCUT2D eigenvalue weighted by molar-refractivity contribution is 0.644. The maximum absolute atomic E-state index is 4.50. The summed E-state index contributed by atoms with van der Waals surface area (Å²) in [6, 6.07) is 8.23. The van der Waals surface area contributed by atoms with E-state index in [2.05, 4.69) is 60.9 Å². The zero-order valence-corrected chi connectivity index (χ0v) is 13.5. The van der Waals surface area contributed by atoms with Crippen LogP contribution < -0.4 is 5.32 Å². The van der Waals surface area contributed by atoms with Gasteiger partial charge in [0, 0.05) is 35.0 Å². The Morgan fingerprint density at radius 3 is 3.05 bits per heavy atom. The molecule has 3 aromatic rings. The van der Waals surface area contributed by atoms with E-state index in [9.17, 15) is 0 Å². The van der Waals surface area contributed by atoms with E-state index < -0.39 is 0 Å². The van der Waals surface area contributed by atoms with Gasteiger partial charge in [-0.05, 0) is 34.5 Å². The molecule has 3 rings (SSSR count). The van der Waals surface area contributed by atoms with Crippen LogP contribution in [0.5, 0.6) is 0 Å². The normalized spacial score (nSPS) is 11.0. The van der Waals surface area contributed by atoms with Gasteiger partial charge < -0.3 is 9.88 Å². The van der Waals surface area contributed by atoms with Crippen LogP contribution in [-0.2, 0) is 13.1 Å². The predicted molar refractivity (Wildman–Crippen MR) is 89.3 cm³/mol. The molecule has 4 nitrogen and oxygen atoms in total. The van der Waals surface area contributed by atoms with Gasteiger partial charge in [0.1, 0.15) is 5.82 Å². The number of aryl methyl sites for hydroxylation is 1. The highest BCUT2D eigenvalue weighted by Gasteiger charge is 2.05. The fraction of sp³-hybridized carbons (Fsp3) is 0.250. The molecule has 0 bridgehead atoms. The first-order valence-corrected chi connectivity index (χ1v) is 7.85. The Morgan fingerprint density at radius 1 is 1.29 bits per heavy atom.